The smallest absolute Gasteiger partial charge is 0.303 e. The van der Waals surface area contributed by atoms with E-state index in [1.165, 1.54) is 0 Å². The largest absolute Gasteiger partial charge is 0.481 e. The summed E-state index contributed by atoms with van der Waals surface area (Å²) in [6, 6.07) is 0. The Morgan fingerprint density at radius 3 is 2.11 bits per heavy atom. The molecule has 0 unspecified atom stereocenters. The molecule has 10 heteroatoms. The van der Waals surface area contributed by atoms with Gasteiger partial charge in [0.2, 0.25) is 20.0 Å². The third-order valence-electron chi connectivity index (χ3n) is 1.84. The van der Waals surface area contributed by atoms with Gasteiger partial charge < -0.3 is 5.11 Å². The molecule has 0 rings (SSSR count). The zero-order valence-corrected chi connectivity index (χ0v) is 11.7. The summed E-state index contributed by atoms with van der Waals surface area (Å²) in [5.41, 5.74) is 0. The minimum atomic E-state index is -3.48. The molecule has 0 amide bonds. The summed E-state index contributed by atoms with van der Waals surface area (Å²) in [6.45, 7) is 0.258. The summed E-state index contributed by atoms with van der Waals surface area (Å²) in [5.74, 6) is -1.29. The summed E-state index contributed by atoms with van der Waals surface area (Å²) >= 11 is 0. The Morgan fingerprint density at radius 1 is 1.06 bits per heavy atom. The van der Waals surface area contributed by atoms with Crippen LogP contribution in [0, 0.1) is 0 Å². The lowest BCUT2D eigenvalue weighted by atomic mass is 10.3. The molecule has 0 aliphatic heterocycles. The lowest BCUT2D eigenvalue weighted by molar-refractivity contribution is -0.137. The highest BCUT2D eigenvalue weighted by Gasteiger charge is 2.10. The molecule has 0 spiro atoms. The topological polar surface area (TPSA) is 130 Å². The molecular weight excluding hydrogens is 284 g/mol. The standard InChI is InChI=1S/C8H18N2O6S2/c1-17(13,14)9-5-3-6-10-18(15,16)7-2-4-8(11)12/h9-10H,2-7H2,1H3,(H,11,12). The molecule has 0 aliphatic carbocycles. The van der Waals surface area contributed by atoms with E-state index in [1.54, 1.807) is 0 Å². The second kappa shape index (κ2) is 7.67. The zero-order valence-electron chi connectivity index (χ0n) is 10.0. The van der Waals surface area contributed by atoms with Crippen LogP contribution in [0.4, 0.5) is 0 Å². The number of rotatable bonds is 10. The summed E-state index contributed by atoms with van der Waals surface area (Å²) in [7, 11) is -6.74. The van der Waals surface area contributed by atoms with Gasteiger partial charge in [0.15, 0.2) is 0 Å². The van der Waals surface area contributed by atoms with Crippen LogP contribution in [-0.4, -0.2) is 53.0 Å². The first kappa shape index (κ1) is 17.3. The van der Waals surface area contributed by atoms with Crippen molar-refractivity contribution in [2.24, 2.45) is 0 Å². The average Bonchev–Trinajstić information content (AvgIpc) is 2.13. The monoisotopic (exact) mass is 302 g/mol. The number of nitrogens with one attached hydrogen (secondary N) is 2. The van der Waals surface area contributed by atoms with Crippen LogP contribution >= 0.6 is 0 Å². The summed E-state index contributed by atoms with van der Waals surface area (Å²) in [5, 5.41) is 8.35. The fourth-order valence-corrected chi connectivity index (χ4v) is 2.70. The number of carboxylic acids is 1. The van der Waals surface area contributed by atoms with Crippen LogP contribution in [0.2, 0.25) is 0 Å². The van der Waals surface area contributed by atoms with Crippen molar-refractivity contribution < 1.29 is 26.7 Å². The molecule has 0 atom stereocenters. The van der Waals surface area contributed by atoms with Crippen molar-refractivity contribution in [3.63, 3.8) is 0 Å². The van der Waals surface area contributed by atoms with Gasteiger partial charge in [-0.25, -0.2) is 26.3 Å². The van der Waals surface area contributed by atoms with Gasteiger partial charge in [0.25, 0.3) is 0 Å². The highest BCUT2D eigenvalue weighted by atomic mass is 32.2. The summed E-state index contributed by atoms with van der Waals surface area (Å²) < 4.78 is 48.5. The summed E-state index contributed by atoms with van der Waals surface area (Å²) in [4.78, 5) is 10.2. The molecule has 0 saturated carbocycles. The Hall–Kier alpha value is -0.710. The van der Waals surface area contributed by atoms with E-state index in [1.807, 2.05) is 0 Å². The van der Waals surface area contributed by atoms with Crippen LogP contribution in [-0.2, 0) is 24.8 Å². The second-order valence-electron chi connectivity index (χ2n) is 3.73. The molecule has 0 heterocycles. The minimum absolute atomic E-state index is 0.0479. The lowest BCUT2D eigenvalue weighted by Gasteiger charge is -2.06. The van der Waals surface area contributed by atoms with Gasteiger partial charge in [0, 0.05) is 19.5 Å². The number of aliphatic carboxylic acids is 1. The quantitative estimate of drug-likeness (QED) is 0.430. The molecule has 0 aromatic rings. The van der Waals surface area contributed by atoms with E-state index >= 15 is 0 Å². The van der Waals surface area contributed by atoms with Crippen molar-refractivity contribution in [2.45, 2.75) is 19.3 Å². The second-order valence-corrected chi connectivity index (χ2v) is 7.49. The van der Waals surface area contributed by atoms with Crippen molar-refractivity contribution in [3.05, 3.63) is 0 Å². The number of hydrogen-bond acceptors (Lipinski definition) is 5. The van der Waals surface area contributed by atoms with Gasteiger partial charge in [-0.1, -0.05) is 0 Å². The molecule has 0 radical (unpaired) electrons. The molecule has 0 aromatic heterocycles. The normalized spacial score (nSPS) is 12.5. The average molecular weight is 302 g/mol. The van der Waals surface area contributed by atoms with E-state index in [4.69, 9.17) is 5.11 Å². The van der Waals surface area contributed by atoms with Crippen LogP contribution in [0.15, 0.2) is 0 Å². The Balaban J connectivity index is 3.74. The minimum Gasteiger partial charge on any atom is -0.481 e. The van der Waals surface area contributed by atoms with Crippen LogP contribution < -0.4 is 9.44 Å². The summed E-state index contributed by atoms with van der Waals surface area (Å²) in [6.07, 6.45) is 1.19. The molecule has 0 aliphatic rings. The molecular formula is C8H18N2O6S2. The number of sulfonamides is 2. The molecule has 0 aromatic carbocycles. The molecule has 0 bridgehead atoms. The van der Waals surface area contributed by atoms with Crippen LogP contribution in [0.5, 0.6) is 0 Å². The Labute approximate surface area is 107 Å². The van der Waals surface area contributed by atoms with Crippen molar-refractivity contribution in [1.29, 1.82) is 0 Å². The Morgan fingerprint density at radius 2 is 1.61 bits per heavy atom. The molecule has 3 N–H and O–H groups in total. The first-order valence-corrected chi connectivity index (χ1v) is 8.80. The van der Waals surface area contributed by atoms with E-state index in [2.05, 4.69) is 9.44 Å². The Bertz CT molecular complexity index is 456. The SMILES string of the molecule is CS(=O)(=O)NCCCNS(=O)(=O)CCCC(=O)O. The third-order valence-corrected chi connectivity index (χ3v) is 4.04. The van der Waals surface area contributed by atoms with Crippen LogP contribution in [0.1, 0.15) is 19.3 Å². The van der Waals surface area contributed by atoms with Gasteiger partial charge in [-0.05, 0) is 12.8 Å². The van der Waals surface area contributed by atoms with E-state index in [0.29, 0.717) is 6.42 Å². The van der Waals surface area contributed by atoms with E-state index < -0.39 is 26.0 Å². The van der Waals surface area contributed by atoms with Crippen LogP contribution in [0.3, 0.4) is 0 Å². The fraction of sp³-hybridized carbons (Fsp3) is 0.875. The lowest BCUT2D eigenvalue weighted by Crippen LogP contribution is -2.30. The molecule has 0 fully saturated rings. The van der Waals surface area contributed by atoms with Crippen molar-refractivity contribution in [3.8, 4) is 0 Å². The van der Waals surface area contributed by atoms with E-state index in [-0.39, 0.29) is 31.7 Å². The van der Waals surface area contributed by atoms with Gasteiger partial charge >= 0.3 is 5.97 Å². The predicted octanol–water partition coefficient (Wildman–Crippen LogP) is -1.29. The number of carbonyl (C=O) groups is 1. The van der Waals surface area contributed by atoms with Gasteiger partial charge in [-0.2, -0.15) is 0 Å². The van der Waals surface area contributed by atoms with E-state index in [0.717, 1.165) is 6.26 Å². The maximum Gasteiger partial charge on any atom is 0.303 e. The van der Waals surface area contributed by atoms with Gasteiger partial charge in [0.1, 0.15) is 0 Å². The number of hydrogen-bond donors (Lipinski definition) is 3. The van der Waals surface area contributed by atoms with Gasteiger partial charge in [-0.15, -0.1) is 0 Å². The van der Waals surface area contributed by atoms with Crippen molar-refractivity contribution >= 4 is 26.0 Å². The maximum absolute atomic E-state index is 11.3. The van der Waals surface area contributed by atoms with Gasteiger partial charge in [-0.3, -0.25) is 4.79 Å². The maximum atomic E-state index is 11.3. The van der Waals surface area contributed by atoms with Gasteiger partial charge in [0.05, 0.1) is 12.0 Å². The van der Waals surface area contributed by atoms with Crippen LogP contribution in [0.25, 0.3) is 0 Å². The fourth-order valence-electron chi connectivity index (χ4n) is 1.06. The molecule has 18 heavy (non-hydrogen) atoms. The first-order valence-electron chi connectivity index (χ1n) is 5.26. The van der Waals surface area contributed by atoms with Crippen molar-refractivity contribution in [1.82, 2.24) is 9.44 Å². The molecule has 108 valence electrons. The first-order chi connectivity index (χ1) is 8.12. The van der Waals surface area contributed by atoms with Crippen molar-refractivity contribution in [2.75, 3.05) is 25.1 Å². The zero-order chi connectivity index (χ0) is 14.2. The Kier molecular flexibility index (Phi) is 7.36. The molecule has 0 saturated heterocycles. The highest BCUT2D eigenvalue weighted by molar-refractivity contribution is 7.89. The third kappa shape index (κ3) is 11.8. The highest BCUT2D eigenvalue weighted by Crippen LogP contribution is 1.94. The molecule has 8 nitrogen and oxygen atoms in total. The van der Waals surface area contributed by atoms with E-state index in [9.17, 15) is 21.6 Å². The predicted molar refractivity (Wildman–Crippen MR) is 66.1 cm³/mol. The number of carboxylic acid groups (broad SMARTS) is 1.